The zero-order chi connectivity index (χ0) is 13.4. The number of hydrogen-bond acceptors (Lipinski definition) is 4. The van der Waals surface area contributed by atoms with Crippen LogP contribution in [0.15, 0.2) is 10.9 Å². The second-order valence-electron chi connectivity index (χ2n) is 5.31. The van der Waals surface area contributed by atoms with Crippen LogP contribution < -0.4 is 10.5 Å². The Kier molecular flexibility index (Phi) is 3.00. The molecule has 0 amide bonds. The molecule has 1 unspecified atom stereocenters. The van der Waals surface area contributed by atoms with Gasteiger partial charge in [0.25, 0.3) is 5.56 Å². The molecule has 1 aromatic rings. The third-order valence-electron chi connectivity index (χ3n) is 3.79. The van der Waals surface area contributed by atoms with Crippen LogP contribution in [0, 0.1) is 0 Å². The van der Waals surface area contributed by atoms with E-state index >= 15 is 0 Å². The molecule has 0 bridgehead atoms. The highest BCUT2D eigenvalue weighted by molar-refractivity contribution is 5.77. The maximum absolute atomic E-state index is 11.7. The summed E-state index contributed by atoms with van der Waals surface area (Å²) in [6, 6.07) is 0.850. The van der Waals surface area contributed by atoms with E-state index in [0.717, 1.165) is 25.7 Å². The van der Waals surface area contributed by atoms with E-state index in [4.69, 9.17) is 0 Å². The highest BCUT2D eigenvalue weighted by Gasteiger charge is 2.31. The van der Waals surface area contributed by atoms with Crippen LogP contribution in [0.5, 0.6) is 0 Å². The first kappa shape index (κ1) is 12.2. The van der Waals surface area contributed by atoms with E-state index in [1.165, 1.54) is 6.07 Å². The van der Waals surface area contributed by atoms with Gasteiger partial charge in [0.2, 0.25) is 0 Å². The first-order chi connectivity index (χ1) is 9.15. The molecular weight excluding hydrogens is 246 g/mol. The van der Waals surface area contributed by atoms with Gasteiger partial charge in [-0.3, -0.25) is 4.79 Å². The number of rotatable bonds is 3. The van der Waals surface area contributed by atoms with Crippen LogP contribution in [0.1, 0.15) is 43.8 Å². The third-order valence-corrected chi connectivity index (χ3v) is 3.79. The van der Waals surface area contributed by atoms with Crippen molar-refractivity contribution in [2.75, 3.05) is 11.4 Å². The fraction of sp³-hybridized carbons (Fsp3) is 0.615. The molecule has 2 N–H and O–H groups in total. The maximum Gasteiger partial charge on any atom is 0.326 e. The molecule has 3 rings (SSSR count). The summed E-state index contributed by atoms with van der Waals surface area (Å²) in [4.78, 5) is 32.0. The van der Waals surface area contributed by atoms with E-state index in [2.05, 4.69) is 9.97 Å². The number of anilines is 1. The van der Waals surface area contributed by atoms with Crippen molar-refractivity contribution in [3.05, 3.63) is 22.2 Å². The summed E-state index contributed by atoms with van der Waals surface area (Å²) in [5.41, 5.74) is -0.193. The summed E-state index contributed by atoms with van der Waals surface area (Å²) in [6.07, 6.45) is 4.56. The number of carboxylic acids is 1. The lowest BCUT2D eigenvalue weighted by Gasteiger charge is -2.33. The van der Waals surface area contributed by atoms with E-state index < -0.39 is 12.0 Å². The van der Waals surface area contributed by atoms with E-state index in [0.29, 0.717) is 30.5 Å². The quantitative estimate of drug-likeness (QED) is 0.852. The molecule has 0 aromatic carbocycles. The fourth-order valence-corrected chi connectivity index (χ4v) is 2.62. The molecule has 1 atom stereocenters. The van der Waals surface area contributed by atoms with Crippen LogP contribution in [-0.4, -0.2) is 33.6 Å². The standard InChI is InChI=1S/C13H17N3O3/c17-11-7-10(14-12(15-11)8-4-5-8)16-6-2-1-3-9(16)13(18)19/h7-9H,1-6H2,(H,18,19)(H,14,15,17). The van der Waals surface area contributed by atoms with Crippen LogP contribution >= 0.6 is 0 Å². The number of H-pyrrole nitrogens is 1. The van der Waals surface area contributed by atoms with Crippen LogP contribution in [0.25, 0.3) is 0 Å². The molecule has 19 heavy (non-hydrogen) atoms. The SMILES string of the molecule is O=C(O)C1CCCCN1c1cc(=O)[nH]c(C2CC2)n1. The smallest absolute Gasteiger partial charge is 0.326 e. The van der Waals surface area contributed by atoms with Crippen molar-refractivity contribution in [3.8, 4) is 0 Å². The lowest BCUT2D eigenvalue weighted by atomic mass is 10.0. The van der Waals surface area contributed by atoms with Gasteiger partial charge in [-0.15, -0.1) is 0 Å². The molecule has 2 heterocycles. The number of carboxylic acid groups (broad SMARTS) is 1. The van der Waals surface area contributed by atoms with Crippen molar-refractivity contribution in [2.45, 2.75) is 44.1 Å². The average Bonchev–Trinajstić information content (AvgIpc) is 3.22. The number of nitrogens with one attached hydrogen (secondary N) is 1. The van der Waals surface area contributed by atoms with Gasteiger partial charge in [-0.05, 0) is 32.1 Å². The monoisotopic (exact) mass is 263 g/mol. The zero-order valence-electron chi connectivity index (χ0n) is 10.6. The van der Waals surface area contributed by atoms with Gasteiger partial charge in [0, 0.05) is 18.5 Å². The summed E-state index contributed by atoms with van der Waals surface area (Å²) in [7, 11) is 0. The minimum Gasteiger partial charge on any atom is -0.480 e. The van der Waals surface area contributed by atoms with Gasteiger partial charge in [-0.25, -0.2) is 9.78 Å². The highest BCUT2D eigenvalue weighted by Crippen LogP contribution is 2.38. The van der Waals surface area contributed by atoms with Crippen molar-refractivity contribution < 1.29 is 9.90 Å². The Labute approximate surface area is 110 Å². The fourth-order valence-electron chi connectivity index (χ4n) is 2.62. The first-order valence-electron chi connectivity index (χ1n) is 6.76. The minimum atomic E-state index is -0.838. The van der Waals surface area contributed by atoms with E-state index in [1.54, 1.807) is 4.90 Å². The molecule has 1 saturated heterocycles. The maximum atomic E-state index is 11.7. The van der Waals surface area contributed by atoms with E-state index in [-0.39, 0.29) is 5.56 Å². The number of aliphatic carboxylic acids is 1. The predicted molar refractivity (Wildman–Crippen MR) is 69.5 cm³/mol. The molecule has 0 radical (unpaired) electrons. The molecule has 1 aromatic heterocycles. The van der Waals surface area contributed by atoms with E-state index in [9.17, 15) is 14.7 Å². The van der Waals surface area contributed by atoms with Gasteiger partial charge in [0.1, 0.15) is 17.7 Å². The number of hydrogen-bond donors (Lipinski definition) is 2. The summed E-state index contributed by atoms with van der Waals surface area (Å²) in [5.74, 6) is 0.727. The largest absolute Gasteiger partial charge is 0.480 e. The van der Waals surface area contributed by atoms with Crippen molar-refractivity contribution in [2.24, 2.45) is 0 Å². The minimum absolute atomic E-state index is 0.193. The topological polar surface area (TPSA) is 86.3 Å². The average molecular weight is 263 g/mol. The molecule has 1 aliphatic carbocycles. The number of carbonyl (C=O) groups is 1. The molecule has 1 saturated carbocycles. The number of aromatic amines is 1. The Morgan fingerprint density at radius 3 is 2.84 bits per heavy atom. The van der Waals surface area contributed by atoms with Crippen LogP contribution in [0.4, 0.5) is 5.82 Å². The zero-order valence-corrected chi connectivity index (χ0v) is 10.6. The third kappa shape index (κ3) is 2.47. The molecule has 1 aliphatic heterocycles. The molecule has 6 heteroatoms. The van der Waals surface area contributed by atoms with Gasteiger partial charge in [-0.2, -0.15) is 0 Å². The number of aromatic nitrogens is 2. The lowest BCUT2D eigenvalue weighted by Crippen LogP contribution is -2.45. The van der Waals surface area contributed by atoms with Gasteiger partial charge in [-0.1, -0.05) is 0 Å². The van der Waals surface area contributed by atoms with Crippen molar-refractivity contribution in [3.63, 3.8) is 0 Å². The Morgan fingerprint density at radius 2 is 2.16 bits per heavy atom. The molecule has 0 spiro atoms. The normalized spacial score (nSPS) is 23.4. The molecule has 102 valence electrons. The van der Waals surface area contributed by atoms with Gasteiger partial charge >= 0.3 is 5.97 Å². The molecular formula is C13H17N3O3. The van der Waals surface area contributed by atoms with Gasteiger partial charge < -0.3 is 15.0 Å². The Bertz CT molecular complexity index is 550. The van der Waals surface area contributed by atoms with Crippen LogP contribution in [-0.2, 0) is 4.79 Å². The first-order valence-corrected chi connectivity index (χ1v) is 6.76. The Balaban J connectivity index is 1.94. The van der Waals surface area contributed by atoms with Crippen LogP contribution in [0.2, 0.25) is 0 Å². The Hall–Kier alpha value is -1.85. The Morgan fingerprint density at radius 1 is 1.37 bits per heavy atom. The van der Waals surface area contributed by atoms with Crippen LogP contribution in [0.3, 0.4) is 0 Å². The molecule has 2 aliphatic rings. The van der Waals surface area contributed by atoms with Crippen molar-refractivity contribution in [1.29, 1.82) is 0 Å². The van der Waals surface area contributed by atoms with Gasteiger partial charge in [0.05, 0.1) is 0 Å². The summed E-state index contributed by atoms with van der Waals surface area (Å²) in [6.45, 7) is 0.650. The molecule has 2 fully saturated rings. The predicted octanol–water partition coefficient (Wildman–Crippen LogP) is 1.09. The highest BCUT2D eigenvalue weighted by atomic mass is 16.4. The second-order valence-corrected chi connectivity index (χ2v) is 5.31. The number of nitrogens with zero attached hydrogens (tertiary/aromatic N) is 2. The lowest BCUT2D eigenvalue weighted by molar-refractivity contribution is -0.139. The molecule has 6 nitrogen and oxygen atoms in total. The summed E-state index contributed by atoms with van der Waals surface area (Å²) in [5, 5.41) is 9.27. The second kappa shape index (κ2) is 4.68. The summed E-state index contributed by atoms with van der Waals surface area (Å²) < 4.78 is 0. The number of piperidine rings is 1. The van der Waals surface area contributed by atoms with Gasteiger partial charge in [0.15, 0.2) is 0 Å². The van der Waals surface area contributed by atoms with E-state index in [1.807, 2.05) is 0 Å². The van der Waals surface area contributed by atoms with Crippen molar-refractivity contribution >= 4 is 11.8 Å². The van der Waals surface area contributed by atoms with Crippen molar-refractivity contribution in [1.82, 2.24) is 9.97 Å². The summed E-state index contributed by atoms with van der Waals surface area (Å²) >= 11 is 0.